The molecular formula is C16H18BrClN4O4. The number of halogens is 2. The summed E-state index contributed by atoms with van der Waals surface area (Å²) in [6.45, 7) is 3.01. The second-order valence-corrected chi connectivity index (χ2v) is 6.94. The number of hydrogen-bond acceptors (Lipinski definition) is 6. The largest absolute Gasteiger partial charge is 0.391 e. The fourth-order valence-electron chi connectivity index (χ4n) is 2.09. The molecule has 0 fully saturated rings. The summed E-state index contributed by atoms with van der Waals surface area (Å²) in [5, 5.41) is 16.6. The van der Waals surface area contributed by atoms with Crippen LogP contribution in [0.5, 0.6) is 0 Å². The van der Waals surface area contributed by atoms with Gasteiger partial charge in [-0.2, -0.15) is 5.10 Å². The Labute approximate surface area is 163 Å². The fourth-order valence-corrected chi connectivity index (χ4v) is 2.81. The van der Waals surface area contributed by atoms with Gasteiger partial charge in [-0.3, -0.25) is 14.4 Å². The standard InChI is InChI=1S/C16H18BrClN4O4/c1-8(23)7-26-21-15(24)14-13(9(2)16(25)22(3)20-14)19-12-5-4-10(17)6-11(12)18/h4-6,8,19,23H,7H2,1-3H3,(H,21,24)/t8-/m0/s1. The molecule has 1 aromatic carbocycles. The summed E-state index contributed by atoms with van der Waals surface area (Å²) in [5.74, 6) is -0.667. The van der Waals surface area contributed by atoms with Crippen LogP contribution in [0, 0.1) is 6.92 Å². The van der Waals surface area contributed by atoms with Gasteiger partial charge in [0.05, 0.1) is 22.5 Å². The number of anilines is 2. The van der Waals surface area contributed by atoms with Crippen molar-refractivity contribution >= 4 is 44.8 Å². The second kappa shape index (κ2) is 8.63. The minimum absolute atomic E-state index is 0.0471. The van der Waals surface area contributed by atoms with Gasteiger partial charge >= 0.3 is 0 Å². The maximum atomic E-state index is 12.4. The summed E-state index contributed by atoms with van der Waals surface area (Å²) in [4.78, 5) is 29.6. The van der Waals surface area contributed by atoms with Crippen LogP contribution in [0.3, 0.4) is 0 Å². The molecule has 0 saturated carbocycles. The first-order valence-electron chi connectivity index (χ1n) is 7.61. The Morgan fingerprint density at radius 3 is 2.81 bits per heavy atom. The van der Waals surface area contributed by atoms with Crippen molar-refractivity contribution in [3.63, 3.8) is 0 Å². The SMILES string of the molecule is Cc1c(Nc2ccc(Br)cc2Cl)c(C(=O)NOC[C@H](C)O)nn(C)c1=O. The summed E-state index contributed by atoms with van der Waals surface area (Å²) in [5.41, 5.74) is 2.81. The van der Waals surface area contributed by atoms with E-state index in [-0.39, 0.29) is 23.5 Å². The van der Waals surface area contributed by atoms with Crippen molar-refractivity contribution in [1.29, 1.82) is 0 Å². The minimum Gasteiger partial charge on any atom is -0.391 e. The molecule has 10 heteroatoms. The summed E-state index contributed by atoms with van der Waals surface area (Å²) >= 11 is 9.52. The molecule has 3 N–H and O–H groups in total. The molecular weight excluding hydrogens is 428 g/mol. The summed E-state index contributed by atoms with van der Waals surface area (Å²) in [6.07, 6.45) is -0.746. The van der Waals surface area contributed by atoms with E-state index in [1.165, 1.54) is 14.0 Å². The normalized spacial score (nSPS) is 11.9. The average Bonchev–Trinajstić information content (AvgIpc) is 2.56. The Morgan fingerprint density at radius 2 is 2.19 bits per heavy atom. The third-order valence-electron chi connectivity index (χ3n) is 3.37. The quantitative estimate of drug-likeness (QED) is 0.589. The van der Waals surface area contributed by atoms with Crippen molar-refractivity contribution in [3.05, 3.63) is 49.3 Å². The molecule has 140 valence electrons. The molecule has 1 aromatic heterocycles. The Kier molecular flexibility index (Phi) is 6.76. The maximum Gasteiger partial charge on any atom is 0.297 e. The molecule has 0 aliphatic heterocycles. The van der Waals surface area contributed by atoms with Gasteiger partial charge in [0, 0.05) is 17.1 Å². The highest BCUT2D eigenvalue weighted by Gasteiger charge is 2.20. The first-order valence-corrected chi connectivity index (χ1v) is 8.78. The van der Waals surface area contributed by atoms with E-state index in [1.54, 1.807) is 25.1 Å². The fraction of sp³-hybridized carbons (Fsp3) is 0.312. The number of carbonyl (C=O) groups excluding carboxylic acids is 1. The first kappa shape index (κ1) is 20.4. The molecule has 0 saturated heterocycles. The van der Waals surface area contributed by atoms with E-state index in [0.29, 0.717) is 16.3 Å². The predicted molar refractivity (Wildman–Crippen MR) is 102 cm³/mol. The van der Waals surface area contributed by atoms with Crippen molar-refractivity contribution in [2.45, 2.75) is 20.0 Å². The summed E-state index contributed by atoms with van der Waals surface area (Å²) < 4.78 is 1.85. The van der Waals surface area contributed by atoms with Crippen LogP contribution in [0.25, 0.3) is 0 Å². The van der Waals surface area contributed by atoms with Crippen molar-refractivity contribution in [3.8, 4) is 0 Å². The molecule has 1 amide bonds. The number of nitrogens with one attached hydrogen (secondary N) is 2. The number of amides is 1. The number of benzene rings is 1. The second-order valence-electron chi connectivity index (χ2n) is 5.62. The number of nitrogens with zero attached hydrogens (tertiary/aromatic N) is 2. The zero-order valence-corrected chi connectivity index (χ0v) is 16.7. The molecule has 1 atom stereocenters. The lowest BCUT2D eigenvalue weighted by Crippen LogP contribution is -2.33. The number of carbonyl (C=O) groups is 1. The number of aromatic nitrogens is 2. The molecule has 0 bridgehead atoms. The van der Waals surface area contributed by atoms with E-state index in [4.69, 9.17) is 16.4 Å². The van der Waals surface area contributed by atoms with Crippen molar-refractivity contribution < 1.29 is 14.7 Å². The zero-order valence-electron chi connectivity index (χ0n) is 14.3. The lowest BCUT2D eigenvalue weighted by molar-refractivity contribution is -0.00717. The highest BCUT2D eigenvalue weighted by molar-refractivity contribution is 9.10. The van der Waals surface area contributed by atoms with Gasteiger partial charge in [0.15, 0.2) is 5.69 Å². The van der Waals surface area contributed by atoms with Gasteiger partial charge < -0.3 is 10.4 Å². The smallest absolute Gasteiger partial charge is 0.297 e. The Morgan fingerprint density at radius 1 is 1.50 bits per heavy atom. The molecule has 0 radical (unpaired) electrons. The van der Waals surface area contributed by atoms with Crippen LogP contribution < -0.4 is 16.4 Å². The van der Waals surface area contributed by atoms with E-state index in [2.05, 4.69) is 31.8 Å². The first-order chi connectivity index (χ1) is 12.2. The number of rotatable bonds is 6. The number of aryl methyl sites for hydroxylation is 1. The highest BCUT2D eigenvalue weighted by atomic mass is 79.9. The molecule has 0 spiro atoms. The van der Waals surface area contributed by atoms with E-state index in [9.17, 15) is 14.7 Å². The molecule has 8 nitrogen and oxygen atoms in total. The molecule has 2 rings (SSSR count). The topological polar surface area (TPSA) is 105 Å². The van der Waals surface area contributed by atoms with Crippen LogP contribution in [0.1, 0.15) is 23.0 Å². The molecule has 2 aromatic rings. The van der Waals surface area contributed by atoms with Crippen LogP contribution in [-0.2, 0) is 11.9 Å². The van der Waals surface area contributed by atoms with Gasteiger partial charge in [-0.1, -0.05) is 27.5 Å². The van der Waals surface area contributed by atoms with Crippen LogP contribution in [0.15, 0.2) is 27.5 Å². The Hall–Kier alpha value is -1.94. The van der Waals surface area contributed by atoms with E-state index in [0.717, 1.165) is 9.15 Å². The third-order valence-corrected chi connectivity index (χ3v) is 4.18. The van der Waals surface area contributed by atoms with E-state index >= 15 is 0 Å². The molecule has 1 heterocycles. The Bertz CT molecular complexity index is 885. The van der Waals surface area contributed by atoms with E-state index < -0.39 is 12.0 Å². The van der Waals surface area contributed by atoms with Gasteiger partial charge in [0.25, 0.3) is 11.5 Å². The van der Waals surface area contributed by atoms with Gasteiger partial charge in [-0.25, -0.2) is 10.2 Å². The van der Waals surface area contributed by atoms with Crippen LogP contribution in [-0.4, -0.2) is 33.5 Å². The van der Waals surface area contributed by atoms with Gasteiger partial charge in [-0.15, -0.1) is 0 Å². The number of aliphatic hydroxyl groups excluding tert-OH is 1. The predicted octanol–water partition coefficient (Wildman–Crippen LogP) is 2.29. The number of hydrogen-bond donors (Lipinski definition) is 3. The van der Waals surface area contributed by atoms with Gasteiger partial charge in [-0.05, 0) is 32.0 Å². The molecule has 26 heavy (non-hydrogen) atoms. The lowest BCUT2D eigenvalue weighted by Gasteiger charge is -2.16. The van der Waals surface area contributed by atoms with Crippen molar-refractivity contribution in [1.82, 2.24) is 15.3 Å². The van der Waals surface area contributed by atoms with Crippen molar-refractivity contribution in [2.75, 3.05) is 11.9 Å². The highest BCUT2D eigenvalue weighted by Crippen LogP contribution is 2.30. The monoisotopic (exact) mass is 444 g/mol. The molecule has 0 aliphatic carbocycles. The number of aliphatic hydroxyl groups is 1. The zero-order chi connectivity index (χ0) is 19.4. The van der Waals surface area contributed by atoms with E-state index in [1.807, 2.05) is 0 Å². The minimum atomic E-state index is -0.746. The van der Waals surface area contributed by atoms with Crippen LogP contribution in [0.2, 0.25) is 5.02 Å². The molecule has 0 unspecified atom stereocenters. The maximum absolute atomic E-state index is 12.4. The summed E-state index contributed by atoms with van der Waals surface area (Å²) in [6, 6.07) is 5.15. The Balaban J connectivity index is 2.41. The average molecular weight is 446 g/mol. The van der Waals surface area contributed by atoms with Crippen LogP contribution >= 0.6 is 27.5 Å². The van der Waals surface area contributed by atoms with Crippen molar-refractivity contribution in [2.24, 2.45) is 7.05 Å². The van der Waals surface area contributed by atoms with Gasteiger partial charge in [0.1, 0.15) is 6.61 Å². The number of hydroxylamine groups is 1. The summed E-state index contributed by atoms with van der Waals surface area (Å²) in [7, 11) is 1.44. The molecule has 0 aliphatic rings. The van der Waals surface area contributed by atoms with Gasteiger partial charge in [0.2, 0.25) is 0 Å². The van der Waals surface area contributed by atoms with Crippen LogP contribution in [0.4, 0.5) is 11.4 Å². The lowest BCUT2D eigenvalue weighted by atomic mass is 10.2. The third kappa shape index (κ3) is 4.82.